The van der Waals surface area contributed by atoms with Crippen molar-refractivity contribution in [2.45, 2.75) is 251 Å². The molecule has 0 rings (SSSR count). The number of phosphoric ester groups is 1. The van der Waals surface area contributed by atoms with Gasteiger partial charge in [-0.2, -0.15) is 0 Å². The molecule has 0 heterocycles. The smallest absolute Gasteiger partial charge is 0.456 e. The maximum Gasteiger partial charge on any atom is 0.472 e. The van der Waals surface area contributed by atoms with Gasteiger partial charge < -0.3 is 19.4 Å². The number of allylic oxidation sites excluding steroid dienone is 13. The summed E-state index contributed by atoms with van der Waals surface area (Å²) in [5, 5.41) is 3.01. The van der Waals surface area contributed by atoms with Crippen LogP contribution in [0.5, 0.6) is 0 Å². The van der Waals surface area contributed by atoms with E-state index in [0.717, 1.165) is 89.9 Å². The molecule has 71 heavy (non-hydrogen) atoms. The summed E-state index contributed by atoms with van der Waals surface area (Å²) in [6.07, 6.45) is 65.9. The van der Waals surface area contributed by atoms with Crippen LogP contribution in [0.1, 0.15) is 239 Å². The molecule has 0 fully saturated rings. The van der Waals surface area contributed by atoms with E-state index in [1.807, 2.05) is 33.3 Å². The van der Waals surface area contributed by atoms with Gasteiger partial charge in [0.15, 0.2) is 0 Å². The summed E-state index contributed by atoms with van der Waals surface area (Å²) in [6.45, 7) is 6.83. The molecular formula is C61H110N2O7P+. The molecule has 10 heteroatoms. The zero-order chi connectivity index (χ0) is 52.2. The fourth-order valence-corrected chi connectivity index (χ4v) is 8.59. The Bertz CT molecular complexity index is 1490. The summed E-state index contributed by atoms with van der Waals surface area (Å²) >= 11 is 0. The van der Waals surface area contributed by atoms with Gasteiger partial charge in [-0.15, -0.1) is 0 Å². The molecule has 3 atom stereocenters. The first-order valence-corrected chi connectivity index (χ1v) is 30.4. The van der Waals surface area contributed by atoms with Crippen LogP contribution in [0.2, 0.25) is 0 Å². The maximum absolute atomic E-state index is 13.5. The summed E-state index contributed by atoms with van der Waals surface area (Å²) < 4.78 is 30.6. The van der Waals surface area contributed by atoms with E-state index < -0.39 is 20.0 Å². The Labute approximate surface area is 437 Å². The van der Waals surface area contributed by atoms with Gasteiger partial charge in [-0.25, -0.2) is 4.57 Å². The summed E-state index contributed by atoms with van der Waals surface area (Å²) in [5.41, 5.74) is 0. The molecule has 0 aliphatic rings. The lowest BCUT2D eigenvalue weighted by Crippen LogP contribution is -2.47. The Morgan fingerprint density at radius 2 is 0.915 bits per heavy atom. The third-order valence-corrected chi connectivity index (χ3v) is 13.3. The molecule has 9 nitrogen and oxygen atoms in total. The minimum Gasteiger partial charge on any atom is -0.456 e. The average molecular weight is 1010 g/mol. The lowest BCUT2D eigenvalue weighted by molar-refractivity contribution is -0.870. The molecule has 0 radical (unpaired) electrons. The van der Waals surface area contributed by atoms with E-state index in [9.17, 15) is 19.0 Å². The van der Waals surface area contributed by atoms with Gasteiger partial charge in [0.1, 0.15) is 19.3 Å². The lowest BCUT2D eigenvalue weighted by atomic mass is 10.1. The molecule has 3 unspecified atom stereocenters. The van der Waals surface area contributed by atoms with Crippen LogP contribution < -0.4 is 5.32 Å². The van der Waals surface area contributed by atoms with Crippen LogP contribution in [0, 0.1) is 0 Å². The topological polar surface area (TPSA) is 111 Å². The number of ether oxygens (including phenoxy) is 1. The number of phosphoric acid groups is 1. The molecule has 0 spiro atoms. The summed E-state index contributed by atoms with van der Waals surface area (Å²) in [7, 11) is 1.45. The summed E-state index contributed by atoms with van der Waals surface area (Å²) in [5.74, 6) is -0.582. The van der Waals surface area contributed by atoms with Crippen LogP contribution in [0.4, 0.5) is 0 Å². The second-order valence-electron chi connectivity index (χ2n) is 20.4. The minimum atomic E-state index is -4.46. The van der Waals surface area contributed by atoms with Crippen molar-refractivity contribution in [1.29, 1.82) is 0 Å². The normalized spacial score (nSPS) is 14.4. The number of likely N-dealkylation sites (N-methyl/N-ethyl adjacent to an activating group) is 1. The SMILES string of the molecule is CC/C=C\C/C=C\C/C=C\C/C=C\C/C=C\CCCC(=O)NC(COP(=O)(O)OCC[N+](C)(C)C)C(/C=C/CCCCCCCCCCC)OC(=O)CCCCCCCCC/C=C/CCCCCCCC. The second kappa shape index (κ2) is 50.7. The van der Waals surface area contributed by atoms with Crippen molar-refractivity contribution in [1.82, 2.24) is 5.32 Å². The van der Waals surface area contributed by atoms with Crippen molar-refractivity contribution in [3.05, 3.63) is 85.1 Å². The van der Waals surface area contributed by atoms with Crippen molar-refractivity contribution in [3.63, 3.8) is 0 Å². The Balaban J connectivity index is 5.41. The molecule has 0 aromatic heterocycles. The van der Waals surface area contributed by atoms with Crippen LogP contribution in [-0.4, -0.2) is 74.3 Å². The van der Waals surface area contributed by atoms with Crippen molar-refractivity contribution in [3.8, 4) is 0 Å². The first kappa shape index (κ1) is 68.2. The predicted octanol–water partition coefficient (Wildman–Crippen LogP) is 17.4. The average Bonchev–Trinajstić information content (AvgIpc) is 3.33. The van der Waals surface area contributed by atoms with Crippen molar-refractivity contribution < 1.29 is 37.3 Å². The number of rotatable bonds is 51. The lowest BCUT2D eigenvalue weighted by Gasteiger charge is -2.27. The van der Waals surface area contributed by atoms with Crippen LogP contribution in [0.25, 0.3) is 0 Å². The largest absolute Gasteiger partial charge is 0.472 e. The molecule has 2 N–H and O–H groups in total. The maximum atomic E-state index is 13.5. The molecular weight excluding hydrogens is 904 g/mol. The quantitative estimate of drug-likeness (QED) is 0.0205. The number of nitrogens with zero attached hydrogens (tertiary/aromatic N) is 1. The standard InChI is InChI=1S/C61H109N2O7P/c1-7-10-13-16-19-22-25-27-29-31-33-35-38-41-44-47-50-53-60(64)62-58(57-69-71(66,67)68-56-55-63(4,5)6)59(52-49-46-43-40-37-24-21-18-15-12-9-3)70-61(65)54-51-48-45-42-39-36-34-32-30-28-26-23-20-17-14-11-8-2/h10,13,19,22,27-30,33,35,41,44,49,52,58-59H,7-9,11-12,14-18,20-21,23-26,31-32,34,36-40,42-43,45-48,50-51,53-57H2,1-6H3,(H-,62,64,66,67)/p+1/b13-10-,22-19-,29-27-,30-28+,35-33-,44-41-,52-49+. The van der Waals surface area contributed by atoms with E-state index >= 15 is 0 Å². The third-order valence-electron chi connectivity index (χ3n) is 12.3. The zero-order valence-corrected chi connectivity index (χ0v) is 47.6. The Hall–Kier alpha value is -2.81. The Morgan fingerprint density at radius 3 is 1.39 bits per heavy atom. The number of hydrogen-bond acceptors (Lipinski definition) is 6. The van der Waals surface area contributed by atoms with Crippen molar-refractivity contribution >= 4 is 19.7 Å². The molecule has 0 saturated heterocycles. The predicted molar refractivity (Wildman–Crippen MR) is 304 cm³/mol. The third kappa shape index (κ3) is 51.9. The van der Waals surface area contributed by atoms with E-state index in [-0.39, 0.29) is 37.9 Å². The number of quaternary nitrogens is 1. The zero-order valence-electron chi connectivity index (χ0n) is 46.7. The number of nitrogens with one attached hydrogen (secondary N) is 1. The van der Waals surface area contributed by atoms with Gasteiger partial charge in [-0.1, -0.05) is 215 Å². The van der Waals surface area contributed by atoms with Gasteiger partial charge in [0, 0.05) is 12.8 Å². The fraction of sp³-hybridized carbons (Fsp3) is 0.738. The van der Waals surface area contributed by atoms with Gasteiger partial charge >= 0.3 is 13.8 Å². The van der Waals surface area contributed by atoms with Gasteiger partial charge in [0.25, 0.3) is 0 Å². The first-order chi connectivity index (χ1) is 34.4. The highest BCUT2D eigenvalue weighted by Gasteiger charge is 2.30. The molecule has 410 valence electrons. The Morgan fingerprint density at radius 1 is 0.507 bits per heavy atom. The minimum absolute atomic E-state index is 0.0257. The molecule has 0 saturated carbocycles. The van der Waals surface area contributed by atoms with Gasteiger partial charge in [-0.05, 0) is 96.0 Å². The summed E-state index contributed by atoms with van der Waals surface area (Å²) in [6, 6.07) is -0.882. The number of unbranched alkanes of at least 4 members (excludes halogenated alkanes) is 23. The molecule has 1 amide bonds. The van der Waals surface area contributed by atoms with Gasteiger partial charge in [0.2, 0.25) is 5.91 Å². The van der Waals surface area contributed by atoms with E-state index in [1.165, 1.54) is 109 Å². The van der Waals surface area contributed by atoms with Crippen LogP contribution in [0.3, 0.4) is 0 Å². The van der Waals surface area contributed by atoms with Crippen LogP contribution >= 0.6 is 7.82 Å². The Kier molecular flexibility index (Phi) is 48.7. The molecule has 0 aromatic carbocycles. The van der Waals surface area contributed by atoms with Crippen molar-refractivity contribution in [2.75, 3.05) is 40.9 Å². The van der Waals surface area contributed by atoms with E-state index in [2.05, 4.69) is 99.0 Å². The van der Waals surface area contributed by atoms with Gasteiger partial charge in [0.05, 0.1) is 33.8 Å². The van der Waals surface area contributed by atoms with E-state index in [4.69, 9.17) is 13.8 Å². The number of carbonyl (C=O) groups excluding carboxylic acids is 2. The number of carbonyl (C=O) groups is 2. The number of amides is 1. The highest BCUT2D eigenvalue weighted by molar-refractivity contribution is 7.47. The van der Waals surface area contributed by atoms with Gasteiger partial charge in [-0.3, -0.25) is 18.6 Å². The van der Waals surface area contributed by atoms with Crippen molar-refractivity contribution in [2.24, 2.45) is 0 Å². The number of esters is 1. The highest BCUT2D eigenvalue weighted by Crippen LogP contribution is 2.43. The molecule has 0 bridgehead atoms. The van der Waals surface area contributed by atoms with Crippen LogP contribution in [0.15, 0.2) is 85.1 Å². The second-order valence-corrected chi connectivity index (χ2v) is 21.9. The molecule has 0 aromatic rings. The fourth-order valence-electron chi connectivity index (χ4n) is 7.85. The van der Waals surface area contributed by atoms with Crippen LogP contribution in [-0.2, 0) is 27.9 Å². The first-order valence-electron chi connectivity index (χ1n) is 28.9. The summed E-state index contributed by atoms with van der Waals surface area (Å²) in [4.78, 5) is 37.5. The highest BCUT2D eigenvalue weighted by atomic mass is 31.2. The van der Waals surface area contributed by atoms with E-state index in [0.29, 0.717) is 17.4 Å². The number of hydrogen-bond donors (Lipinski definition) is 2. The molecule has 0 aliphatic heterocycles. The monoisotopic (exact) mass is 1010 g/mol. The van der Waals surface area contributed by atoms with E-state index in [1.54, 1.807) is 0 Å². The molecule has 0 aliphatic carbocycles.